The first kappa shape index (κ1) is 18.6. The number of hydrogen-bond donors (Lipinski definition) is 1. The van der Waals surface area contributed by atoms with Crippen LogP contribution in [0.5, 0.6) is 5.75 Å². The largest absolute Gasteiger partial charge is 0.450 e. The SMILES string of the molecule is CCOC(=O)Nc1cccc(OC(=O)[C@H]2CCCN(c3ncccn3)C2)c1. The van der Waals surface area contributed by atoms with Crippen LogP contribution in [0.4, 0.5) is 16.4 Å². The lowest BCUT2D eigenvalue weighted by molar-refractivity contribution is -0.139. The van der Waals surface area contributed by atoms with E-state index in [0.29, 0.717) is 23.9 Å². The van der Waals surface area contributed by atoms with Gasteiger partial charge in [-0.25, -0.2) is 14.8 Å². The minimum absolute atomic E-state index is 0.260. The summed E-state index contributed by atoms with van der Waals surface area (Å²) in [5.74, 6) is 0.436. The summed E-state index contributed by atoms with van der Waals surface area (Å²) in [5, 5.41) is 2.59. The molecule has 2 aromatic rings. The van der Waals surface area contributed by atoms with Crippen LogP contribution in [0.25, 0.3) is 0 Å². The Balaban J connectivity index is 1.60. The summed E-state index contributed by atoms with van der Waals surface area (Å²) < 4.78 is 10.4. The lowest BCUT2D eigenvalue weighted by Gasteiger charge is -2.31. The average Bonchev–Trinajstić information content (AvgIpc) is 2.69. The molecule has 1 aliphatic rings. The van der Waals surface area contributed by atoms with Crippen LogP contribution in [0.3, 0.4) is 0 Å². The van der Waals surface area contributed by atoms with Crippen molar-refractivity contribution in [2.45, 2.75) is 19.8 Å². The van der Waals surface area contributed by atoms with Crippen molar-refractivity contribution >= 4 is 23.7 Å². The number of benzene rings is 1. The van der Waals surface area contributed by atoms with Crippen LogP contribution in [0.1, 0.15) is 19.8 Å². The summed E-state index contributed by atoms with van der Waals surface area (Å²) >= 11 is 0. The molecule has 2 heterocycles. The molecule has 0 radical (unpaired) electrons. The van der Waals surface area contributed by atoms with Crippen molar-refractivity contribution in [3.05, 3.63) is 42.7 Å². The molecule has 1 aromatic carbocycles. The molecule has 27 heavy (non-hydrogen) atoms. The maximum Gasteiger partial charge on any atom is 0.411 e. The number of nitrogens with one attached hydrogen (secondary N) is 1. The van der Waals surface area contributed by atoms with Gasteiger partial charge in [-0.2, -0.15) is 0 Å². The summed E-state index contributed by atoms with van der Waals surface area (Å²) in [6, 6.07) is 8.43. The molecule has 1 atom stereocenters. The monoisotopic (exact) mass is 370 g/mol. The van der Waals surface area contributed by atoms with Crippen LogP contribution in [0, 0.1) is 5.92 Å². The molecule has 142 valence electrons. The van der Waals surface area contributed by atoms with Crippen LogP contribution in [-0.2, 0) is 9.53 Å². The van der Waals surface area contributed by atoms with Gasteiger partial charge in [0.1, 0.15) is 5.75 Å². The summed E-state index contributed by atoms with van der Waals surface area (Å²) in [6.07, 6.45) is 4.44. The van der Waals surface area contributed by atoms with Gasteiger partial charge in [0.25, 0.3) is 0 Å². The first-order valence-corrected chi connectivity index (χ1v) is 8.93. The number of carbonyl (C=O) groups excluding carboxylic acids is 2. The molecule has 0 spiro atoms. The number of amides is 1. The van der Waals surface area contributed by atoms with Crippen molar-refractivity contribution in [1.29, 1.82) is 0 Å². The molecule has 1 fully saturated rings. The van der Waals surface area contributed by atoms with Crippen molar-refractivity contribution in [2.75, 3.05) is 29.9 Å². The molecule has 1 N–H and O–H groups in total. The number of ether oxygens (including phenoxy) is 2. The quantitative estimate of drug-likeness (QED) is 0.639. The third kappa shape index (κ3) is 5.16. The zero-order valence-corrected chi connectivity index (χ0v) is 15.1. The molecule has 0 saturated carbocycles. The van der Waals surface area contributed by atoms with Gasteiger partial charge in [0.2, 0.25) is 5.95 Å². The summed E-state index contributed by atoms with van der Waals surface area (Å²) in [4.78, 5) is 34.6. The smallest absolute Gasteiger partial charge is 0.411 e. The van der Waals surface area contributed by atoms with Gasteiger partial charge in [0.15, 0.2) is 0 Å². The van der Waals surface area contributed by atoms with Crippen molar-refractivity contribution in [1.82, 2.24) is 9.97 Å². The predicted octanol–water partition coefficient (Wildman–Crippen LogP) is 2.87. The Kier molecular flexibility index (Phi) is 6.19. The Bertz CT molecular complexity index is 784. The Morgan fingerprint density at radius 2 is 2.07 bits per heavy atom. The number of carbonyl (C=O) groups is 2. The van der Waals surface area contributed by atoms with E-state index in [2.05, 4.69) is 15.3 Å². The highest BCUT2D eigenvalue weighted by molar-refractivity contribution is 5.85. The highest BCUT2D eigenvalue weighted by atomic mass is 16.5. The van der Waals surface area contributed by atoms with Crippen molar-refractivity contribution in [2.24, 2.45) is 5.92 Å². The van der Waals surface area contributed by atoms with Gasteiger partial charge < -0.3 is 14.4 Å². The van der Waals surface area contributed by atoms with Gasteiger partial charge >= 0.3 is 12.1 Å². The van der Waals surface area contributed by atoms with E-state index >= 15 is 0 Å². The molecule has 1 aliphatic heterocycles. The summed E-state index contributed by atoms with van der Waals surface area (Å²) in [5.41, 5.74) is 0.502. The molecule has 8 heteroatoms. The molecule has 8 nitrogen and oxygen atoms in total. The second-order valence-electron chi connectivity index (χ2n) is 6.13. The van der Waals surface area contributed by atoms with Gasteiger partial charge in [-0.05, 0) is 38.0 Å². The van der Waals surface area contributed by atoms with Crippen LogP contribution in [-0.4, -0.2) is 41.7 Å². The molecule has 0 bridgehead atoms. The highest BCUT2D eigenvalue weighted by Gasteiger charge is 2.28. The fraction of sp³-hybridized carbons (Fsp3) is 0.368. The minimum atomic E-state index is -0.549. The van der Waals surface area contributed by atoms with E-state index in [9.17, 15) is 9.59 Å². The third-order valence-electron chi connectivity index (χ3n) is 4.16. The molecule has 1 amide bonds. The lowest BCUT2D eigenvalue weighted by atomic mass is 9.98. The van der Waals surface area contributed by atoms with Gasteiger partial charge in [0, 0.05) is 37.2 Å². The number of aromatic nitrogens is 2. The molecule has 0 aliphatic carbocycles. The normalized spacial score (nSPS) is 16.5. The minimum Gasteiger partial charge on any atom is -0.450 e. The fourth-order valence-electron chi connectivity index (χ4n) is 2.93. The van der Waals surface area contributed by atoms with Gasteiger partial charge in [0.05, 0.1) is 12.5 Å². The standard InChI is InChI=1S/C19H22N4O4/c1-2-26-19(25)22-15-7-3-8-16(12-15)27-17(24)14-6-4-11-23(13-14)18-20-9-5-10-21-18/h3,5,7-10,12,14H,2,4,6,11,13H2,1H3,(H,22,25)/t14-/m0/s1. The van der Waals surface area contributed by atoms with E-state index < -0.39 is 6.09 Å². The lowest BCUT2D eigenvalue weighted by Crippen LogP contribution is -2.41. The van der Waals surface area contributed by atoms with Gasteiger partial charge in [-0.3, -0.25) is 10.1 Å². The first-order valence-electron chi connectivity index (χ1n) is 8.93. The molecular weight excluding hydrogens is 348 g/mol. The fourth-order valence-corrected chi connectivity index (χ4v) is 2.93. The second-order valence-corrected chi connectivity index (χ2v) is 6.13. The molecule has 0 unspecified atom stereocenters. The van der Waals surface area contributed by atoms with E-state index in [1.54, 1.807) is 49.6 Å². The van der Waals surface area contributed by atoms with Crippen molar-refractivity contribution < 1.29 is 19.1 Å². The number of nitrogens with zero attached hydrogens (tertiary/aromatic N) is 3. The third-order valence-corrected chi connectivity index (χ3v) is 4.16. The van der Waals surface area contributed by atoms with Crippen molar-refractivity contribution in [3.63, 3.8) is 0 Å². The predicted molar refractivity (Wildman–Crippen MR) is 99.7 cm³/mol. The number of rotatable bonds is 5. The van der Waals surface area contributed by atoms with E-state index in [4.69, 9.17) is 9.47 Å². The maximum atomic E-state index is 12.6. The van der Waals surface area contributed by atoms with E-state index in [0.717, 1.165) is 19.4 Å². The Morgan fingerprint density at radius 1 is 1.26 bits per heavy atom. The van der Waals surface area contributed by atoms with E-state index in [1.807, 2.05) is 4.90 Å². The van der Waals surface area contributed by atoms with Crippen LogP contribution < -0.4 is 15.0 Å². The maximum absolute atomic E-state index is 12.6. The number of hydrogen-bond acceptors (Lipinski definition) is 7. The highest BCUT2D eigenvalue weighted by Crippen LogP contribution is 2.23. The van der Waals surface area contributed by atoms with Crippen LogP contribution in [0.2, 0.25) is 0 Å². The summed E-state index contributed by atoms with van der Waals surface area (Å²) in [7, 11) is 0. The molecule has 1 aromatic heterocycles. The number of esters is 1. The van der Waals surface area contributed by atoms with Crippen LogP contribution in [0.15, 0.2) is 42.7 Å². The topological polar surface area (TPSA) is 93.6 Å². The van der Waals surface area contributed by atoms with Gasteiger partial charge in [-0.15, -0.1) is 0 Å². The summed E-state index contributed by atoms with van der Waals surface area (Å²) in [6.45, 7) is 3.34. The molecule has 3 rings (SSSR count). The first-order chi connectivity index (χ1) is 13.2. The zero-order valence-electron chi connectivity index (χ0n) is 15.1. The van der Waals surface area contributed by atoms with Crippen molar-refractivity contribution in [3.8, 4) is 5.75 Å². The Labute approximate surface area is 157 Å². The van der Waals surface area contributed by atoms with E-state index in [1.165, 1.54) is 0 Å². The molecular formula is C19H22N4O4. The van der Waals surface area contributed by atoms with Gasteiger partial charge in [-0.1, -0.05) is 6.07 Å². The Hall–Kier alpha value is -3.16. The number of piperidine rings is 1. The second kappa shape index (κ2) is 8.98. The molecule has 1 saturated heterocycles. The average molecular weight is 370 g/mol. The van der Waals surface area contributed by atoms with Crippen LogP contribution >= 0.6 is 0 Å². The zero-order chi connectivity index (χ0) is 19.1. The number of anilines is 2. The van der Waals surface area contributed by atoms with E-state index in [-0.39, 0.29) is 18.5 Å². The Morgan fingerprint density at radius 3 is 2.85 bits per heavy atom.